The van der Waals surface area contributed by atoms with E-state index in [1.807, 2.05) is 19.9 Å². The first-order chi connectivity index (χ1) is 8.02. The van der Waals surface area contributed by atoms with Crippen LogP contribution in [0.15, 0.2) is 12.1 Å². The number of imide groups is 1. The van der Waals surface area contributed by atoms with Gasteiger partial charge in [-0.3, -0.25) is 9.59 Å². The summed E-state index contributed by atoms with van der Waals surface area (Å²) in [5.41, 5.74) is 8.88. The molecule has 88 valence electrons. The molecule has 1 aliphatic carbocycles. The second-order valence-corrected chi connectivity index (χ2v) is 4.91. The van der Waals surface area contributed by atoms with E-state index in [-0.39, 0.29) is 23.7 Å². The molecular formula is C13H14N2O2. The standard InChI is InChI=1S/C13H14N2O2/c1-6-3-4-10(14)7(2)11(6)15-12(16)8-5-9(8)13(15)17/h3-4,8-9H,5,14H2,1-2H3. The van der Waals surface area contributed by atoms with Gasteiger partial charge < -0.3 is 5.73 Å². The van der Waals surface area contributed by atoms with Gasteiger partial charge in [0.25, 0.3) is 0 Å². The maximum Gasteiger partial charge on any atom is 0.237 e. The van der Waals surface area contributed by atoms with Crippen molar-refractivity contribution in [2.24, 2.45) is 11.8 Å². The van der Waals surface area contributed by atoms with Crippen molar-refractivity contribution in [1.82, 2.24) is 0 Å². The number of rotatable bonds is 1. The van der Waals surface area contributed by atoms with Crippen molar-refractivity contribution in [3.8, 4) is 0 Å². The first-order valence-electron chi connectivity index (χ1n) is 5.76. The SMILES string of the molecule is Cc1ccc(N)c(C)c1N1C(=O)C2CC2C1=O. The van der Waals surface area contributed by atoms with Crippen molar-refractivity contribution in [2.75, 3.05) is 10.6 Å². The molecule has 0 spiro atoms. The average molecular weight is 230 g/mol. The van der Waals surface area contributed by atoms with Crippen LogP contribution in [-0.4, -0.2) is 11.8 Å². The number of benzene rings is 1. The zero-order chi connectivity index (χ0) is 12.3. The molecule has 2 fully saturated rings. The topological polar surface area (TPSA) is 63.4 Å². The number of anilines is 2. The van der Waals surface area contributed by atoms with E-state index in [1.54, 1.807) is 6.07 Å². The molecule has 3 rings (SSSR count). The summed E-state index contributed by atoms with van der Waals surface area (Å²) in [6, 6.07) is 3.65. The molecular weight excluding hydrogens is 216 g/mol. The Morgan fingerprint density at radius 1 is 1.18 bits per heavy atom. The van der Waals surface area contributed by atoms with E-state index in [9.17, 15) is 9.59 Å². The molecule has 2 N–H and O–H groups in total. The smallest absolute Gasteiger partial charge is 0.237 e. The first kappa shape index (κ1) is 10.3. The fourth-order valence-electron chi connectivity index (χ4n) is 2.60. The number of hydrogen-bond acceptors (Lipinski definition) is 3. The van der Waals surface area contributed by atoms with E-state index >= 15 is 0 Å². The van der Waals surface area contributed by atoms with Crippen molar-refractivity contribution in [3.63, 3.8) is 0 Å². The molecule has 4 heteroatoms. The van der Waals surface area contributed by atoms with Crippen LogP contribution in [0.25, 0.3) is 0 Å². The lowest BCUT2D eigenvalue weighted by Gasteiger charge is -2.22. The molecule has 1 aromatic rings. The Bertz CT molecular complexity index is 531. The molecule has 17 heavy (non-hydrogen) atoms. The highest BCUT2D eigenvalue weighted by atomic mass is 16.2. The van der Waals surface area contributed by atoms with E-state index in [0.29, 0.717) is 11.4 Å². The third-order valence-corrected chi connectivity index (χ3v) is 3.76. The Kier molecular flexibility index (Phi) is 1.88. The predicted molar refractivity (Wildman–Crippen MR) is 64.4 cm³/mol. The highest BCUT2D eigenvalue weighted by molar-refractivity contribution is 6.25. The Hall–Kier alpha value is -1.84. The molecule has 2 aliphatic rings. The van der Waals surface area contributed by atoms with Crippen LogP contribution in [0, 0.1) is 25.7 Å². The van der Waals surface area contributed by atoms with Crippen molar-refractivity contribution >= 4 is 23.2 Å². The average Bonchev–Trinajstić information content (AvgIpc) is 3.03. The number of nitrogens with two attached hydrogens (primary N) is 1. The maximum absolute atomic E-state index is 12.0. The largest absolute Gasteiger partial charge is 0.398 e. The molecule has 4 nitrogen and oxygen atoms in total. The molecule has 1 saturated carbocycles. The highest BCUT2D eigenvalue weighted by Gasteiger charge is 2.59. The van der Waals surface area contributed by atoms with Crippen molar-refractivity contribution < 1.29 is 9.59 Å². The molecule has 1 saturated heterocycles. The molecule has 0 bridgehead atoms. The molecule has 2 atom stereocenters. The van der Waals surface area contributed by atoms with Gasteiger partial charge in [0.2, 0.25) is 11.8 Å². The summed E-state index contributed by atoms with van der Waals surface area (Å²) in [6.45, 7) is 3.74. The quantitative estimate of drug-likeness (QED) is 0.585. The van der Waals surface area contributed by atoms with E-state index in [4.69, 9.17) is 5.73 Å². The van der Waals surface area contributed by atoms with Gasteiger partial charge in [0.05, 0.1) is 17.5 Å². The van der Waals surface area contributed by atoms with Gasteiger partial charge in [0.1, 0.15) is 0 Å². The Morgan fingerprint density at radius 3 is 2.35 bits per heavy atom. The molecule has 0 aromatic heterocycles. The number of piperidine rings is 1. The third-order valence-electron chi connectivity index (χ3n) is 3.76. The molecule has 2 amide bonds. The van der Waals surface area contributed by atoms with Crippen LogP contribution < -0.4 is 10.6 Å². The lowest BCUT2D eigenvalue weighted by Crippen LogP contribution is -2.34. The number of aryl methyl sites for hydroxylation is 1. The van der Waals surface area contributed by atoms with Gasteiger partial charge in [-0.15, -0.1) is 0 Å². The van der Waals surface area contributed by atoms with Crippen LogP contribution >= 0.6 is 0 Å². The number of carbonyl (C=O) groups excluding carboxylic acids is 2. The Labute approximate surface area is 99.4 Å². The van der Waals surface area contributed by atoms with Crippen molar-refractivity contribution in [3.05, 3.63) is 23.3 Å². The lowest BCUT2D eigenvalue weighted by molar-refractivity contribution is -0.123. The second kappa shape index (κ2) is 3.09. The van der Waals surface area contributed by atoms with Gasteiger partial charge in [0.15, 0.2) is 0 Å². The van der Waals surface area contributed by atoms with Crippen LogP contribution in [0.4, 0.5) is 11.4 Å². The van der Waals surface area contributed by atoms with Crippen LogP contribution in [0.2, 0.25) is 0 Å². The fourth-order valence-corrected chi connectivity index (χ4v) is 2.60. The van der Waals surface area contributed by atoms with Crippen molar-refractivity contribution in [2.45, 2.75) is 20.3 Å². The number of nitrogens with zero attached hydrogens (tertiary/aromatic N) is 1. The zero-order valence-corrected chi connectivity index (χ0v) is 9.86. The second-order valence-electron chi connectivity index (χ2n) is 4.91. The van der Waals surface area contributed by atoms with E-state index < -0.39 is 0 Å². The van der Waals surface area contributed by atoms with Crippen LogP contribution in [0.1, 0.15) is 17.5 Å². The summed E-state index contributed by atoms with van der Waals surface area (Å²) < 4.78 is 0. The van der Waals surface area contributed by atoms with E-state index in [1.165, 1.54) is 4.90 Å². The number of nitrogen functional groups attached to an aromatic ring is 1. The van der Waals surface area contributed by atoms with E-state index in [2.05, 4.69) is 0 Å². The van der Waals surface area contributed by atoms with Gasteiger partial charge in [-0.25, -0.2) is 4.90 Å². The van der Waals surface area contributed by atoms with Gasteiger partial charge >= 0.3 is 0 Å². The van der Waals surface area contributed by atoms with Crippen LogP contribution in [-0.2, 0) is 9.59 Å². The number of amides is 2. The number of hydrogen-bond donors (Lipinski definition) is 1. The highest BCUT2D eigenvalue weighted by Crippen LogP contribution is 2.49. The number of carbonyl (C=O) groups is 2. The molecule has 1 aromatic carbocycles. The minimum atomic E-state index is -0.0669. The molecule has 1 aliphatic heterocycles. The summed E-state index contributed by atoms with van der Waals surface area (Å²) in [5, 5.41) is 0. The third kappa shape index (κ3) is 1.24. The Balaban J connectivity index is 2.14. The van der Waals surface area contributed by atoms with Crippen LogP contribution in [0.3, 0.4) is 0 Å². The molecule has 2 unspecified atom stereocenters. The van der Waals surface area contributed by atoms with E-state index in [0.717, 1.165) is 17.5 Å². The lowest BCUT2D eigenvalue weighted by atomic mass is 10.1. The summed E-state index contributed by atoms with van der Waals surface area (Å²) in [5.74, 6) is -0.251. The first-order valence-corrected chi connectivity index (χ1v) is 5.76. The summed E-state index contributed by atoms with van der Waals surface area (Å²) in [4.78, 5) is 25.4. The zero-order valence-electron chi connectivity index (χ0n) is 9.86. The van der Waals surface area contributed by atoms with Crippen LogP contribution in [0.5, 0.6) is 0 Å². The number of fused-ring (bicyclic) bond motifs is 1. The normalized spacial score (nSPS) is 26.4. The maximum atomic E-state index is 12.0. The summed E-state index contributed by atoms with van der Waals surface area (Å²) in [6.07, 6.45) is 0.731. The molecule has 0 radical (unpaired) electrons. The van der Waals surface area contributed by atoms with Gasteiger partial charge in [-0.05, 0) is 37.5 Å². The molecule has 1 heterocycles. The van der Waals surface area contributed by atoms with Gasteiger partial charge in [0, 0.05) is 5.69 Å². The summed E-state index contributed by atoms with van der Waals surface area (Å²) in [7, 11) is 0. The minimum Gasteiger partial charge on any atom is -0.398 e. The summed E-state index contributed by atoms with van der Waals surface area (Å²) >= 11 is 0. The monoisotopic (exact) mass is 230 g/mol. The fraction of sp³-hybridized carbons (Fsp3) is 0.385. The van der Waals surface area contributed by atoms with Crippen molar-refractivity contribution in [1.29, 1.82) is 0 Å². The minimum absolute atomic E-state index is 0.0585. The predicted octanol–water partition coefficient (Wildman–Crippen LogP) is 1.39. The van der Waals surface area contributed by atoms with Gasteiger partial charge in [-0.2, -0.15) is 0 Å². The Morgan fingerprint density at radius 2 is 1.76 bits per heavy atom. The van der Waals surface area contributed by atoms with Gasteiger partial charge in [-0.1, -0.05) is 6.07 Å².